The molecule has 0 aliphatic heterocycles. The first-order valence-corrected chi connectivity index (χ1v) is 17.1. The van der Waals surface area contributed by atoms with Gasteiger partial charge >= 0.3 is 0 Å². The van der Waals surface area contributed by atoms with Crippen molar-refractivity contribution in [2.45, 2.75) is 33.6 Å². The number of rotatable bonds is 4. The molecule has 0 radical (unpaired) electrons. The van der Waals surface area contributed by atoms with Gasteiger partial charge in [-0.2, -0.15) is 0 Å². The molecule has 0 spiro atoms. The number of aryl methyl sites for hydroxylation is 2. The molecule has 0 saturated heterocycles. The minimum absolute atomic E-state index is 0.0945. The number of hydrogen-bond donors (Lipinski definition) is 0. The molecule has 47 heavy (non-hydrogen) atoms. The second kappa shape index (κ2) is 11.0. The molecule has 226 valence electrons. The van der Waals surface area contributed by atoms with Crippen LogP contribution in [0.1, 0.15) is 37.2 Å². The first kappa shape index (κ1) is 28.2. The van der Waals surface area contributed by atoms with E-state index < -0.39 is 0 Å². The van der Waals surface area contributed by atoms with Crippen molar-refractivity contribution in [3.05, 3.63) is 149 Å². The van der Waals surface area contributed by atoms with Crippen LogP contribution < -0.4 is 21.4 Å². The summed E-state index contributed by atoms with van der Waals surface area (Å²) in [5.74, 6) is 1.83. The number of furan rings is 1. The van der Waals surface area contributed by atoms with Gasteiger partial charge in [0.2, 0.25) is 6.71 Å². The van der Waals surface area contributed by atoms with Gasteiger partial charge in [-0.1, -0.05) is 157 Å². The fourth-order valence-corrected chi connectivity index (χ4v) is 8.50. The number of hydrogen-bond acceptors (Lipinski definition) is 1. The Kier molecular flexibility index (Phi) is 6.61. The largest absolute Gasteiger partial charge is 0.456 e. The van der Waals surface area contributed by atoms with Crippen molar-refractivity contribution in [2.75, 3.05) is 0 Å². The molecule has 2 aliphatic rings. The van der Waals surface area contributed by atoms with Crippen molar-refractivity contribution in [1.82, 2.24) is 0 Å². The monoisotopic (exact) mass is 604 g/mol. The molecule has 6 aromatic carbocycles. The highest BCUT2D eigenvalue weighted by molar-refractivity contribution is 7.00. The third kappa shape index (κ3) is 4.46. The Morgan fingerprint density at radius 1 is 0.745 bits per heavy atom. The van der Waals surface area contributed by atoms with Crippen LogP contribution in [0.5, 0.6) is 0 Å². The molecule has 2 heteroatoms. The summed E-state index contributed by atoms with van der Waals surface area (Å²) in [6.07, 6.45) is 8.94. The van der Waals surface area contributed by atoms with Gasteiger partial charge in [0.1, 0.15) is 11.3 Å². The second-order valence-corrected chi connectivity index (χ2v) is 13.7. The van der Waals surface area contributed by atoms with E-state index in [1.54, 1.807) is 0 Å². The van der Waals surface area contributed by atoms with Crippen LogP contribution in [0.2, 0.25) is 0 Å². The molecule has 1 nitrogen and oxygen atoms in total. The van der Waals surface area contributed by atoms with Crippen molar-refractivity contribution >= 4 is 67.8 Å². The lowest BCUT2D eigenvalue weighted by Crippen LogP contribution is -2.52. The molecule has 1 unspecified atom stereocenters. The average Bonchev–Trinajstić information content (AvgIpc) is 3.51. The van der Waals surface area contributed by atoms with E-state index in [0.717, 1.165) is 24.2 Å². The summed E-state index contributed by atoms with van der Waals surface area (Å²) < 4.78 is 6.74. The Morgan fingerprint density at radius 2 is 1.53 bits per heavy atom. The van der Waals surface area contributed by atoms with Gasteiger partial charge in [-0.25, -0.2) is 0 Å². The summed E-state index contributed by atoms with van der Waals surface area (Å²) in [6.45, 7) is 7.19. The highest BCUT2D eigenvalue weighted by Crippen LogP contribution is 2.41. The Labute approximate surface area is 276 Å². The molecule has 1 aromatic heterocycles. The Morgan fingerprint density at radius 3 is 2.43 bits per heavy atom. The maximum atomic E-state index is 6.74. The van der Waals surface area contributed by atoms with Crippen LogP contribution in [0.3, 0.4) is 0 Å². The molecular formula is C45H37BO. The predicted molar refractivity (Wildman–Crippen MR) is 202 cm³/mol. The van der Waals surface area contributed by atoms with E-state index in [-0.39, 0.29) is 6.71 Å². The van der Waals surface area contributed by atoms with Gasteiger partial charge < -0.3 is 4.42 Å². The maximum absolute atomic E-state index is 6.74. The Hall–Kier alpha value is -5.08. The van der Waals surface area contributed by atoms with Gasteiger partial charge in [0, 0.05) is 16.5 Å². The Balaban J connectivity index is 1.36. The summed E-state index contributed by atoms with van der Waals surface area (Å²) >= 11 is 0. The molecule has 9 rings (SSSR count). The van der Waals surface area contributed by atoms with Crippen LogP contribution in [0.25, 0.3) is 61.3 Å². The molecule has 0 bridgehead atoms. The lowest BCUT2D eigenvalue weighted by atomic mass is 9.32. The van der Waals surface area contributed by atoms with Crippen LogP contribution in [-0.2, 0) is 6.42 Å². The van der Waals surface area contributed by atoms with Gasteiger partial charge in [-0.15, -0.1) is 0 Å². The molecule has 0 saturated carbocycles. The van der Waals surface area contributed by atoms with Crippen molar-refractivity contribution < 1.29 is 4.42 Å². The van der Waals surface area contributed by atoms with Gasteiger partial charge in [-0.05, 0) is 81.3 Å². The summed E-state index contributed by atoms with van der Waals surface area (Å²) in [7, 11) is 0. The van der Waals surface area contributed by atoms with Crippen LogP contribution in [0.4, 0.5) is 0 Å². The van der Waals surface area contributed by atoms with Gasteiger partial charge in [0.05, 0.1) is 0 Å². The van der Waals surface area contributed by atoms with Crippen LogP contribution >= 0.6 is 0 Å². The molecule has 1 heterocycles. The van der Waals surface area contributed by atoms with E-state index in [2.05, 4.69) is 154 Å². The lowest BCUT2D eigenvalue weighted by Gasteiger charge is -2.31. The van der Waals surface area contributed by atoms with Crippen LogP contribution in [0.15, 0.2) is 126 Å². The van der Waals surface area contributed by atoms with Crippen molar-refractivity contribution in [3.8, 4) is 11.1 Å². The van der Waals surface area contributed by atoms with Crippen molar-refractivity contribution in [2.24, 2.45) is 11.8 Å². The smallest absolute Gasteiger partial charge is 0.239 e. The molecule has 0 amide bonds. The van der Waals surface area contributed by atoms with Crippen molar-refractivity contribution in [1.29, 1.82) is 0 Å². The quantitative estimate of drug-likeness (QED) is 0.183. The lowest BCUT2D eigenvalue weighted by molar-refractivity contribution is 0.596. The fourth-order valence-electron chi connectivity index (χ4n) is 8.50. The van der Waals surface area contributed by atoms with E-state index in [9.17, 15) is 0 Å². The van der Waals surface area contributed by atoms with E-state index >= 15 is 0 Å². The van der Waals surface area contributed by atoms with Gasteiger partial charge in [-0.3, -0.25) is 0 Å². The molecule has 2 aliphatic carbocycles. The third-order valence-corrected chi connectivity index (χ3v) is 11.0. The average molecular weight is 605 g/mol. The molecule has 0 N–H and O–H groups in total. The zero-order valence-corrected chi connectivity index (χ0v) is 27.3. The minimum atomic E-state index is 0.0945. The summed E-state index contributed by atoms with van der Waals surface area (Å²) in [5.41, 5.74) is 10.3. The molecule has 0 fully saturated rings. The number of fused-ring (bicyclic) bond motifs is 7. The summed E-state index contributed by atoms with van der Waals surface area (Å²) in [4.78, 5) is 0. The standard InChI is InChI=1S/C45H37BO/c1-28-23-24-31-13-4-8-19-37(31)43(28)46(44-30(3)29(2)25-32-14-6-9-20-38(32)44)35-17-12-16-33(26-35)40-27-34-15-5-7-18-36(34)42-39-21-10-11-22-41(39)47-45(40)42/h4-9,11-20,22-27,29-30H,10,21H2,1-3H3/t29?,30-/m1/s1. The maximum Gasteiger partial charge on any atom is 0.239 e. The first-order chi connectivity index (χ1) is 23.1. The van der Waals surface area contributed by atoms with Crippen LogP contribution in [0, 0.1) is 18.8 Å². The fraction of sp³-hybridized carbons (Fsp3) is 0.156. The van der Waals surface area contributed by atoms with E-state index in [0.29, 0.717) is 11.8 Å². The highest BCUT2D eigenvalue weighted by atomic mass is 16.3. The zero-order valence-electron chi connectivity index (χ0n) is 27.3. The SMILES string of the molecule is Cc1ccc2ccccc2c1B(C1=c2ccccc2=CC(C)[C@H]1C)c1cccc(-c2cc3ccccc3c3c4c(oc23)C=CCC4)c1. The molecule has 2 atom stereocenters. The number of benzene rings is 6. The molecular weight excluding hydrogens is 567 g/mol. The summed E-state index contributed by atoms with van der Waals surface area (Å²) in [6, 6.07) is 43.0. The van der Waals surface area contributed by atoms with Crippen molar-refractivity contribution in [3.63, 3.8) is 0 Å². The van der Waals surface area contributed by atoms with Gasteiger partial charge in [0.15, 0.2) is 0 Å². The van der Waals surface area contributed by atoms with Crippen LogP contribution in [-0.4, -0.2) is 6.71 Å². The highest BCUT2D eigenvalue weighted by Gasteiger charge is 2.34. The minimum Gasteiger partial charge on any atom is -0.456 e. The normalized spacial score (nSPS) is 17.1. The topological polar surface area (TPSA) is 13.1 Å². The number of allylic oxidation sites excluding steroid dienone is 1. The second-order valence-electron chi connectivity index (χ2n) is 13.7. The first-order valence-electron chi connectivity index (χ1n) is 17.1. The summed E-state index contributed by atoms with van der Waals surface area (Å²) in [5, 5.41) is 9.15. The predicted octanol–water partition coefficient (Wildman–Crippen LogP) is 8.74. The Bertz CT molecular complexity index is 2530. The van der Waals surface area contributed by atoms with Gasteiger partial charge in [0.25, 0.3) is 0 Å². The molecule has 7 aromatic rings. The van der Waals surface area contributed by atoms with E-state index in [1.807, 2.05) is 0 Å². The zero-order chi connectivity index (χ0) is 31.6. The third-order valence-electron chi connectivity index (χ3n) is 11.0. The van der Waals surface area contributed by atoms with E-state index in [4.69, 9.17) is 4.42 Å². The van der Waals surface area contributed by atoms with E-state index in [1.165, 1.54) is 76.0 Å².